The van der Waals surface area contributed by atoms with Gasteiger partial charge in [0.05, 0.1) is 29.7 Å². The number of aromatic nitrogens is 2. The van der Waals surface area contributed by atoms with E-state index in [1.807, 2.05) is 26.8 Å². The van der Waals surface area contributed by atoms with Crippen LogP contribution in [0, 0.1) is 41.1 Å². The van der Waals surface area contributed by atoms with Gasteiger partial charge in [0.2, 0.25) is 0 Å². The maximum Gasteiger partial charge on any atom is 0.307 e. The molecule has 5 aromatic rings. The van der Waals surface area contributed by atoms with Crippen molar-refractivity contribution in [2.45, 2.75) is 45.1 Å². The van der Waals surface area contributed by atoms with Crippen molar-refractivity contribution >= 4 is 32.7 Å². The van der Waals surface area contributed by atoms with Gasteiger partial charge in [-0.05, 0) is 36.1 Å². The standard InChI is InChI=1S/C35H31F3N4O4S/c1-20-11-13-23(14-12-20)47(44,45)42-19-26(24-15-22(36)16-27(37)33(24)42)32-25(18-39)30(21-9-7-6-8-10-21)31(38)34(41-32)40-28(35(2,3)4)17-29(43)46-5/h6-16,19,28H,17H2,1-5H3,(H,40,41)/t28-/m1/s1. The molecule has 242 valence electrons. The number of methoxy groups -OCH3 is 1. The minimum Gasteiger partial charge on any atom is -0.469 e. The first-order chi connectivity index (χ1) is 22.2. The lowest BCUT2D eigenvalue weighted by atomic mass is 9.84. The van der Waals surface area contributed by atoms with Crippen LogP contribution in [0.5, 0.6) is 0 Å². The summed E-state index contributed by atoms with van der Waals surface area (Å²) in [5.41, 5.74) is -0.860. The summed E-state index contributed by atoms with van der Waals surface area (Å²) in [6.45, 7) is 7.24. The Morgan fingerprint density at radius 3 is 2.32 bits per heavy atom. The Kier molecular flexibility index (Phi) is 8.88. The Labute approximate surface area is 270 Å². The van der Waals surface area contributed by atoms with Gasteiger partial charge in [-0.2, -0.15) is 5.26 Å². The van der Waals surface area contributed by atoms with Crippen LogP contribution in [0.4, 0.5) is 19.0 Å². The average Bonchev–Trinajstić information content (AvgIpc) is 3.41. The third-order valence-corrected chi connectivity index (χ3v) is 9.56. The van der Waals surface area contributed by atoms with Crippen LogP contribution in [-0.4, -0.2) is 36.5 Å². The van der Waals surface area contributed by atoms with E-state index in [2.05, 4.69) is 10.3 Å². The van der Waals surface area contributed by atoms with Crippen molar-refractivity contribution in [2.24, 2.45) is 5.41 Å². The van der Waals surface area contributed by atoms with Crippen LogP contribution in [0.15, 0.2) is 77.8 Å². The molecule has 47 heavy (non-hydrogen) atoms. The smallest absolute Gasteiger partial charge is 0.307 e. The van der Waals surface area contributed by atoms with Gasteiger partial charge in [-0.3, -0.25) is 4.79 Å². The van der Waals surface area contributed by atoms with Crippen LogP contribution in [-0.2, 0) is 19.6 Å². The van der Waals surface area contributed by atoms with Crippen molar-refractivity contribution in [3.63, 3.8) is 0 Å². The highest BCUT2D eigenvalue weighted by atomic mass is 32.2. The van der Waals surface area contributed by atoms with Gasteiger partial charge in [0.1, 0.15) is 17.4 Å². The zero-order chi connectivity index (χ0) is 34.3. The number of anilines is 1. The van der Waals surface area contributed by atoms with Gasteiger partial charge < -0.3 is 10.1 Å². The molecule has 0 bridgehead atoms. The minimum atomic E-state index is -4.46. The number of esters is 1. The number of carbonyl (C=O) groups excluding carboxylic acids is 1. The minimum absolute atomic E-state index is 0.133. The van der Waals surface area contributed by atoms with Crippen LogP contribution in [0.3, 0.4) is 0 Å². The van der Waals surface area contributed by atoms with Crippen LogP contribution < -0.4 is 5.32 Å². The van der Waals surface area contributed by atoms with Crippen molar-refractivity contribution in [3.05, 3.63) is 102 Å². The molecule has 0 aliphatic carbocycles. The Hall–Kier alpha value is -5.15. The van der Waals surface area contributed by atoms with E-state index in [1.165, 1.54) is 19.2 Å². The Morgan fingerprint density at radius 2 is 1.72 bits per heavy atom. The highest BCUT2D eigenvalue weighted by molar-refractivity contribution is 7.90. The normalized spacial score (nSPS) is 12.5. The number of ether oxygens (including phenoxy) is 1. The summed E-state index contributed by atoms with van der Waals surface area (Å²) in [4.78, 5) is 16.6. The number of pyridine rings is 1. The molecular formula is C35H31F3N4O4S. The first-order valence-electron chi connectivity index (χ1n) is 14.5. The molecule has 1 N–H and O–H groups in total. The Bertz CT molecular complexity index is 2150. The number of benzene rings is 3. The summed E-state index contributed by atoms with van der Waals surface area (Å²) in [6.07, 6.45) is 0.888. The fraction of sp³-hybridized carbons (Fsp3) is 0.229. The number of nitrogens with zero attached hydrogens (tertiary/aromatic N) is 3. The third-order valence-electron chi connectivity index (χ3n) is 7.88. The molecule has 1 atom stereocenters. The molecule has 0 unspecified atom stereocenters. The SMILES string of the molecule is COC(=O)C[C@@H](Nc1nc(-c2cn(S(=O)(=O)c3ccc(C)cc3)c3c(F)cc(F)cc23)c(C#N)c(-c2ccccc2)c1F)C(C)(C)C. The molecule has 5 rings (SSSR count). The van der Waals surface area contributed by atoms with E-state index in [-0.39, 0.29) is 44.9 Å². The fourth-order valence-corrected chi connectivity index (χ4v) is 6.65. The van der Waals surface area contributed by atoms with Crippen LogP contribution >= 0.6 is 0 Å². The van der Waals surface area contributed by atoms with E-state index >= 15 is 8.78 Å². The lowest BCUT2D eigenvalue weighted by molar-refractivity contribution is -0.141. The van der Waals surface area contributed by atoms with E-state index in [0.29, 0.717) is 15.6 Å². The summed E-state index contributed by atoms with van der Waals surface area (Å²) < 4.78 is 80.2. The molecule has 0 spiro atoms. The van der Waals surface area contributed by atoms with Crippen LogP contribution in [0.2, 0.25) is 0 Å². The summed E-state index contributed by atoms with van der Waals surface area (Å²) in [5.74, 6) is -4.01. The number of nitriles is 1. The van der Waals surface area contributed by atoms with E-state index in [9.17, 15) is 22.9 Å². The predicted molar refractivity (Wildman–Crippen MR) is 172 cm³/mol. The first-order valence-corrected chi connectivity index (χ1v) is 16.0. The second kappa shape index (κ2) is 12.6. The number of aryl methyl sites for hydroxylation is 1. The lowest BCUT2D eigenvalue weighted by Gasteiger charge is -2.31. The summed E-state index contributed by atoms with van der Waals surface area (Å²) in [5, 5.41) is 13.2. The van der Waals surface area contributed by atoms with Crippen molar-refractivity contribution in [1.29, 1.82) is 5.26 Å². The van der Waals surface area contributed by atoms with E-state index in [4.69, 9.17) is 4.74 Å². The van der Waals surface area contributed by atoms with Crippen molar-refractivity contribution in [2.75, 3.05) is 12.4 Å². The quantitative estimate of drug-likeness (QED) is 0.171. The summed E-state index contributed by atoms with van der Waals surface area (Å²) >= 11 is 0. The Morgan fingerprint density at radius 1 is 1.06 bits per heavy atom. The molecule has 2 heterocycles. The number of halogens is 3. The largest absolute Gasteiger partial charge is 0.469 e. The zero-order valence-electron chi connectivity index (χ0n) is 26.2. The molecule has 8 nitrogen and oxygen atoms in total. The Balaban J connectivity index is 1.87. The molecule has 0 aliphatic rings. The molecule has 0 amide bonds. The number of fused-ring (bicyclic) bond motifs is 1. The number of hydrogen-bond acceptors (Lipinski definition) is 7. The third kappa shape index (κ3) is 6.31. The molecule has 0 radical (unpaired) electrons. The molecule has 0 fully saturated rings. The number of carbonyl (C=O) groups is 1. The van der Waals surface area contributed by atoms with Gasteiger partial charge in [-0.15, -0.1) is 0 Å². The maximum atomic E-state index is 16.5. The molecule has 2 aromatic heterocycles. The molecule has 3 aromatic carbocycles. The zero-order valence-corrected chi connectivity index (χ0v) is 27.0. The van der Waals surface area contributed by atoms with Crippen LogP contribution in [0.25, 0.3) is 33.3 Å². The van der Waals surface area contributed by atoms with Crippen molar-refractivity contribution in [3.8, 4) is 28.5 Å². The average molecular weight is 661 g/mol. The van der Waals surface area contributed by atoms with Gasteiger partial charge in [0.15, 0.2) is 17.5 Å². The summed E-state index contributed by atoms with van der Waals surface area (Å²) in [6, 6.07) is 16.8. The monoisotopic (exact) mass is 660 g/mol. The maximum absolute atomic E-state index is 16.5. The van der Waals surface area contributed by atoms with Gasteiger partial charge in [-0.1, -0.05) is 68.8 Å². The number of rotatable bonds is 8. The summed E-state index contributed by atoms with van der Waals surface area (Å²) in [7, 11) is -3.23. The van der Waals surface area contributed by atoms with E-state index in [0.717, 1.165) is 17.8 Å². The molecule has 0 saturated heterocycles. The molecule has 0 saturated carbocycles. The number of hydrogen-bond donors (Lipinski definition) is 1. The van der Waals surface area contributed by atoms with E-state index in [1.54, 1.807) is 49.4 Å². The highest BCUT2D eigenvalue weighted by Gasteiger charge is 2.32. The highest BCUT2D eigenvalue weighted by Crippen LogP contribution is 2.41. The molecular weight excluding hydrogens is 629 g/mol. The van der Waals surface area contributed by atoms with Gasteiger partial charge in [0.25, 0.3) is 10.0 Å². The van der Waals surface area contributed by atoms with Crippen molar-refractivity contribution < 1.29 is 31.1 Å². The number of nitrogens with one attached hydrogen (secondary N) is 1. The second-order valence-electron chi connectivity index (χ2n) is 12.1. The van der Waals surface area contributed by atoms with Crippen molar-refractivity contribution in [1.82, 2.24) is 8.96 Å². The fourth-order valence-electron chi connectivity index (χ4n) is 5.28. The van der Waals surface area contributed by atoms with Gasteiger partial charge in [0, 0.05) is 34.8 Å². The predicted octanol–water partition coefficient (Wildman–Crippen LogP) is 7.59. The van der Waals surface area contributed by atoms with Crippen LogP contribution in [0.1, 0.15) is 38.3 Å². The first kappa shape index (κ1) is 33.2. The lowest BCUT2D eigenvalue weighted by Crippen LogP contribution is -2.37. The van der Waals surface area contributed by atoms with Gasteiger partial charge in [-0.25, -0.2) is 30.5 Å². The van der Waals surface area contributed by atoms with Gasteiger partial charge >= 0.3 is 5.97 Å². The molecule has 12 heteroatoms. The topological polar surface area (TPSA) is 114 Å². The molecule has 0 aliphatic heterocycles. The second-order valence-corrected chi connectivity index (χ2v) is 13.9. The van der Waals surface area contributed by atoms with E-state index < -0.39 is 50.4 Å².